The minimum absolute atomic E-state index is 0.0157. The third-order valence-electron chi connectivity index (χ3n) is 5.32. The topological polar surface area (TPSA) is 125 Å². The maximum atomic E-state index is 12.3. The van der Waals surface area contributed by atoms with E-state index in [1.54, 1.807) is 55.7 Å². The number of allylic oxidation sites excluding steroid dienone is 1. The molecule has 1 aliphatic rings. The number of benzene rings is 1. The van der Waals surface area contributed by atoms with E-state index in [1.807, 2.05) is 0 Å². The zero-order chi connectivity index (χ0) is 25.7. The van der Waals surface area contributed by atoms with Crippen LogP contribution in [-0.4, -0.2) is 56.7 Å². The molecule has 0 aliphatic carbocycles. The van der Waals surface area contributed by atoms with Crippen molar-refractivity contribution in [3.8, 4) is 17.1 Å². The number of nitrogens with zero attached hydrogens (tertiary/aromatic N) is 4. The number of sulfone groups is 1. The van der Waals surface area contributed by atoms with Crippen molar-refractivity contribution in [3.05, 3.63) is 75.8 Å². The lowest BCUT2D eigenvalue weighted by molar-refractivity contribution is -0.117. The molecule has 3 aromatic rings. The molecule has 0 spiro atoms. The summed E-state index contributed by atoms with van der Waals surface area (Å²) in [4.78, 5) is 25.2. The molecule has 1 unspecified atom stereocenters. The van der Waals surface area contributed by atoms with E-state index in [1.165, 1.54) is 27.1 Å². The van der Waals surface area contributed by atoms with E-state index < -0.39 is 9.84 Å². The second-order valence-electron chi connectivity index (χ2n) is 7.81. The van der Waals surface area contributed by atoms with E-state index in [-0.39, 0.29) is 40.8 Å². The Morgan fingerprint density at radius 1 is 1.31 bits per heavy atom. The van der Waals surface area contributed by atoms with Gasteiger partial charge in [0, 0.05) is 24.1 Å². The van der Waals surface area contributed by atoms with Gasteiger partial charge in [-0.1, -0.05) is 24.3 Å². The van der Waals surface area contributed by atoms with Crippen molar-refractivity contribution in [2.45, 2.75) is 24.6 Å². The van der Waals surface area contributed by atoms with Gasteiger partial charge in [0.2, 0.25) is 0 Å². The number of ether oxygens (including phenoxy) is 1. The molecule has 0 radical (unpaired) electrons. The largest absolute Gasteiger partial charge is 0.490 e. The van der Waals surface area contributed by atoms with Crippen LogP contribution >= 0.6 is 23.4 Å². The van der Waals surface area contributed by atoms with E-state index in [9.17, 15) is 18.0 Å². The van der Waals surface area contributed by atoms with E-state index in [2.05, 4.69) is 15.6 Å². The molecular formula is C23H24ClN5O5S2. The summed E-state index contributed by atoms with van der Waals surface area (Å²) >= 11 is 7.34. The molecule has 0 fully saturated rings. The van der Waals surface area contributed by atoms with Crippen LogP contribution in [0.4, 0.5) is 0 Å². The predicted molar refractivity (Wildman–Crippen MR) is 139 cm³/mol. The molecule has 1 aromatic carbocycles. The highest BCUT2D eigenvalue weighted by Crippen LogP contribution is 2.34. The monoisotopic (exact) mass is 549 g/mol. The van der Waals surface area contributed by atoms with Gasteiger partial charge in [0.25, 0.3) is 11.5 Å². The lowest BCUT2D eigenvalue weighted by Gasteiger charge is -2.14. The fraction of sp³-hybridized carbons (Fsp3) is 0.304. The van der Waals surface area contributed by atoms with Gasteiger partial charge in [-0.2, -0.15) is 0 Å². The van der Waals surface area contributed by atoms with E-state index in [0.29, 0.717) is 34.1 Å². The van der Waals surface area contributed by atoms with E-state index >= 15 is 0 Å². The normalized spacial score (nSPS) is 15.5. The third-order valence-corrected chi connectivity index (χ3v) is 8.49. The smallest absolute Gasteiger partial charge is 0.257 e. The Hall–Kier alpha value is -3.09. The first-order valence-corrected chi connectivity index (χ1v) is 14.3. The molecule has 0 bridgehead atoms. The molecule has 36 heavy (non-hydrogen) atoms. The van der Waals surface area contributed by atoms with Gasteiger partial charge in [0.15, 0.2) is 9.84 Å². The van der Waals surface area contributed by atoms with Crippen LogP contribution in [0.2, 0.25) is 0 Å². The number of alkyl halides is 1. The van der Waals surface area contributed by atoms with Crippen LogP contribution in [0.15, 0.2) is 64.6 Å². The Labute approximate surface area is 217 Å². The standard InChI is InChI=1S/C23H24ClN5O5S2/c1-2-36(32,33)12-11-34-19-13-17(28-10-4-3-5-22(28)30)6-7-18(19)29-15-16(26-27-29)14-25-23(31)20-8-9-21(24)35-20/h3-8,10,13,15,21H,2,9,11-12,14H2,1H3,(H,25,31). The van der Waals surface area contributed by atoms with Gasteiger partial charge < -0.3 is 10.1 Å². The summed E-state index contributed by atoms with van der Waals surface area (Å²) < 4.78 is 32.5. The molecule has 1 amide bonds. The second kappa shape index (κ2) is 11.3. The number of amides is 1. The highest BCUT2D eigenvalue weighted by Gasteiger charge is 2.21. The molecule has 0 saturated heterocycles. The fourth-order valence-corrected chi connectivity index (χ4v) is 5.20. The molecular weight excluding hydrogens is 526 g/mol. The zero-order valence-corrected chi connectivity index (χ0v) is 21.7. The average molecular weight is 550 g/mol. The van der Waals surface area contributed by atoms with Crippen molar-refractivity contribution >= 4 is 39.1 Å². The number of carbonyl (C=O) groups is 1. The van der Waals surface area contributed by atoms with Crippen LogP contribution in [0, 0.1) is 0 Å². The van der Waals surface area contributed by atoms with Crippen LogP contribution in [0.1, 0.15) is 19.0 Å². The first-order chi connectivity index (χ1) is 17.3. The van der Waals surface area contributed by atoms with Gasteiger partial charge in [-0.3, -0.25) is 14.2 Å². The Morgan fingerprint density at radius 2 is 2.14 bits per heavy atom. The summed E-state index contributed by atoms with van der Waals surface area (Å²) in [6.07, 6.45) is 5.71. The first-order valence-electron chi connectivity index (χ1n) is 11.1. The second-order valence-corrected chi connectivity index (χ2v) is 12.3. The molecule has 1 N–H and O–H groups in total. The number of rotatable bonds is 10. The number of halogens is 1. The maximum absolute atomic E-state index is 12.3. The van der Waals surface area contributed by atoms with Gasteiger partial charge >= 0.3 is 0 Å². The van der Waals surface area contributed by atoms with Crippen molar-refractivity contribution in [3.63, 3.8) is 0 Å². The summed E-state index contributed by atoms with van der Waals surface area (Å²) in [5.74, 6) is -0.0291. The summed E-state index contributed by atoms with van der Waals surface area (Å²) in [5, 5.41) is 11.0. The summed E-state index contributed by atoms with van der Waals surface area (Å²) in [7, 11) is -3.23. The molecule has 13 heteroatoms. The van der Waals surface area contributed by atoms with Crippen LogP contribution in [0.5, 0.6) is 5.75 Å². The molecule has 10 nitrogen and oxygen atoms in total. The SMILES string of the molecule is CCS(=O)(=O)CCOc1cc(-n2ccccc2=O)ccc1-n1cc(CNC(=O)C2=CCC(Cl)S2)nn1. The Morgan fingerprint density at radius 3 is 2.86 bits per heavy atom. The number of thioether (sulfide) groups is 1. The minimum atomic E-state index is -3.23. The fourth-order valence-electron chi connectivity index (χ4n) is 3.36. The quantitative estimate of drug-likeness (QED) is 0.382. The van der Waals surface area contributed by atoms with Crippen LogP contribution < -0.4 is 15.6 Å². The molecule has 3 heterocycles. The number of aromatic nitrogens is 4. The van der Waals surface area contributed by atoms with Crippen molar-refractivity contribution < 1.29 is 17.9 Å². The zero-order valence-electron chi connectivity index (χ0n) is 19.3. The van der Waals surface area contributed by atoms with Crippen molar-refractivity contribution in [1.82, 2.24) is 24.9 Å². The van der Waals surface area contributed by atoms with Crippen molar-refractivity contribution in [2.75, 3.05) is 18.1 Å². The molecule has 190 valence electrons. The average Bonchev–Trinajstić information content (AvgIpc) is 3.52. The van der Waals surface area contributed by atoms with Gasteiger partial charge in [-0.25, -0.2) is 13.1 Å². The molecule has 0 saturated carbocycles. The highest BCUT2D eigenvalue weighted by atomic mass is 35.5. The van der Waals surface area contributed by atoms with Gasteiger partial charge in [-0.15, -0.1) is 28.5 Å². The van der Waals surface area contributed by atoms with Gasteiger partial charge in [-0.05, 0) is 24.6 Å². The molecule has 1 aliphatic heterocycles. The van der Waals surface area contributed by atoms with E-state index in [0.717, 1.165) is 0 Å². The van der Waals surface area contributed by atoms with Crippen molar-refractivity contribution in [1.29, 1.82) is 0 Å². The number of pyridine rings is 1. The number of hydrogen-bond donors (Lipinski definition) is 1. The van der Waals surface area contributed by atoms with Crippen LogP contribution in [0.25, 0.3) is 11.4 Å². The molecule has 2 aromatic heterocycles. The first kappa shape index (κ1) is 26.0. The summed E-state index contributed by atoms with van der Waals surface area (Å²) in [5.41, 5.74) is 1.34. The summed E-state index contributed by atoms with van der Waals surface area (Å²) in [6, 6.07) is 9.89. The lowest BCUT2D eigenvalue weighted by Crippen LogP contribution is -2.23. The van der Waals surface area contributed by atoms with Gasteiger partial charge in [0.1, 0.15) is 23.7 Å². The molecule has 1 atom stereocenters. The van der Waals surface area contributed by atoms with Gasteiger partial charge in [0.05, 0.1) is 33.8 Å². The number of nitrogens with one attached hydrogen (secondary N) is 1. The maximum Gasteiger partial charge on any atom is 0.257 e. The highest BCUT2D eigenvalue weighted by molar-refractivity contribution is 8.05. The number of carbonyl (C=O) groups excluding carboxylic acids is 1. The van der Waals surface area contributed by atoms with Crippen LogP contribution in [0.3, 0.4) is 0 Å². The van der Waals surface area contributed by atoms with Crippen molar-refractivity contribution in [2.24, 2.45) is 0 Å². The Kier molecular flexibility index (Phi) is 8.17. The Balaban J connectivity index is 1.55. The van der Waals surface area contributed by atoms with E-state index in [4.69, 9.17) is 16.3 Å². The van der Waals surface area contributed by atoms with Crippen LogP contribution in [-0.2, 0) is 21.2 Å². The third kappa shape index (κ3) is 6.37. The lowest BCUT2D eigenvalue weighted by atomic mass is 10.2. The minimum Gasteiger partial charge on any atom is -0.490 e. The predicted octanol–water partition coefficient (Wildman–Crippen LogP) is 2.43. The Bertz CT molecular complexity index is 1450. The molecule has 4 rings (SSSR count). The summed E-state index contributed by atoms with van der Waals surface area (Å²) in [6.45, 7) is 1.67. The number of hydrogen-bond acceptors (Lipinski definition) is 8.